The molecule has 9 nitrogen and oxygen atoms in total. The Labute approximate surface area is 200 Å². The highest BCUT2D eigenvalue weighted by Crippen LogP contribution is 2.30. The Morgan fingerprint density at radius 2 is 1.82 bits per heavy atom. The standard InChI is InChI=1S/C25H33N3O6/c1-5-18(3)26-25(30)21(6-2)27(15-14-19-10-8-7-9-11-19)24(29)17-34-20-12-13-22(28(31)32)23(16-20)33-4/h7-13,16,18,21H,5-6,14-15,17H2,1-4H3,(H,26,30)/t18-,21+/m0/s1. The van der Waals surface area contributed by atoms with Crippen LogP contribution in [0.15, 0.2) is 48.5 Å². The average Bonchev–Trinajstić information content (AvgIpc) is 2.85. The maximum atomic E-state index is 13.2. The second-order valence-electron chi connectivity index (χ2n) is 7.94. The van der Waals surface area contributed by atoms with E-state index in [2.05, 4.69) is 5.32 Å². The van der Waals surface area contributed by atoms with Crippen molar-refractivity contribution < 1.29 is 24.0 Å². The van der Waals surface area contributed by atoms with E-state index in [1.807, 2.05) is 51.1 Å². The van der Waals surface area contributed by atoms with E-state index in [-0.39, 0.29) is 41.6 Å². The summed E-state index contributed by atoms with van der Waals surface area (Å²) >= 11 is 0. The van der Waals surface area contributed by atoms with Gasteiger partial charge in [-0.25, -0.2) is 0 Å². The molecule has 0 fully saturated rings. The molecule has 2 aromatic rings. The van der Waals surface area contributed by atoms with Gasteiger partial charge in [0.25, 0.3) is 5.91 Å². The van der Waals surface area contributed by atoms with Gasteiger partial charge in [-0.1, -0.05) is 44.2 Å². The molecule has 2 rings (SSSR count). The number of carbonyl (C=O) groups is 2. The van der Waals surface area contributed by atoms with Gasteiger partial charge in [-0.2, -0.15) is 0 Å². The van der Waals surface area contributed by atoms with Gasteiger partial charge in [-0.3, -0.25) is 19.7 Å². The van der Waals surface area contributed by atoms with E-state index in [0.717, 1.165) is 12.0 Å². The van der Waals surface area contributed by atoms with Crippen LogP contribution in [0.4, 0.5) is 5.69 Å². The molecule has 0 aromatic heterocycles. The highest BCUT2D eigenvalue weighted by atomic mass is 16.6. The van der Waals surface area contributed by atoms with Gasteiger partial charge in [0.1, 0.15) is 11.8 Å². The lowest BCUT2D eigenvalue weighted by Crippen LogP contribution is -2.52. The van der Waals surface area contributed by atoms with E-state index < -0.39 is 11.0 Å². The van der Waals surface area contributed by atoms with E-state index in [4.69, 9.17) is 9.47 Å². The Balaban J connectivity index is 2.18. The van der Waals surface area contributed by atoms with E-state index in [0.29, 0.717) is 19.4 Å². The number of nitro groups is 1. The number of nitrogens with zero attached hydrogens (tertiary/aromatic N) is 2. The first-order valence-electron chi connectivity index (χ1n) is 11.4. The summed E-state index contributed by atoms with van der Waals surface area (Å²) in [6.45, 7) is 5.80. The lowest BCUT2D eigenvalue weighted by atomic mass is 10.1. The Morgan fingerprint density at radius 1 is 1.12 bits per heavy atom. The van der Waals surface area contributed by atoms with Crippen LogP contribution in [-0.2, 0) is 16.0 Å². The lowest BCUT2D eigenvalue weighted by Gasteiger charge is -2.31. The summed E-state index contributed by atoms with van der Waals surface area (Å²) in [5.74, 6) is -0.249. The number of amides is 2. The van der Waals surface area contributed by atoms with Crippen molar-refractivity contribution in [3.05, 3.63) is 64.2 Å². The predicted octanol–water partition coefficient (Wildman–Crippen LogP) is 3.75. The second kappa shape index (κ2) is 13.2. The quantitative estimate of drug-likeness (QED) is 0.352. The summed E-state index contributed by atoms with van der Waals surface area (Å²) in [5.41, 5.74) is 0.858. The smallest absolute Gasteiger partial charge is 0.311 e. The molecule has 9 heteroatoms. The molecule has 0 saturated carbocycles. The van der Waals surface area contributed by atoms with Crippen LogP contribution in [-0.4, -0.2) is 54.0 Å². The number of rotatable bonds is 13. The average molecular weight is 472 g/mol. The molecule has 0 unspecified atom stereocenters. The number of hydrogen-bond acceptors (Lipinski definition) is 6. The van der Waals surface area contributed by atoms with Gasteiger partial charge in [0.15, 0.2) is 6.61 Å². The second-order valence-corrected chi connectivity index (χ2v) is 7.94. The molecule has 0 aliphatic carbocycles. The Bertz CT molecular complexity index is 966. The fourth-order valence-electron chi connectivity index (χ4n) is 3.46. The molecule has 0 aliphatic rings. The molecule has 2 atom stereocenters. The Kier molecular flexibility index (Phi) is 10.3. The molecule has 184 valence electrons. The van der Waals surface area contributed by atoms with Gasteiger partial charge in [-0.05, 0) is 37.8 Å². The molecule has 0 spiro atoms. The molecular weight excluding hydrogens is 438 g/mol. The number of hydrogen-bond donors (Lipinski definition) is 1. The van der Waals surface area contributed by atoms with Crippen molar-refractivity contribution in [3.8, 4) is 11.5 Å². The molecule has 2 aromatic carbocycles. The number of ether oxygens (including phenoxy) is 2. The summed E-state index contributed by atoms with van der Waals surface area (Å²) in [6.07, 6.45) is 1.82. The van der Waals surface area contributed by atoms with Crippen molar-refractivity contribution in [1.82, 2.24) is 10.2 Å². The molecule has 0 bridgehead atoms. The van der Waals surface area contributed by atoms with Gasteiger partial charge >= 0.3 is 5.69 Å². The molecule has 34 heavy (non-hydrogen) atoms. The third-order valence-electron chi connectivity index (χ3n) is 5.58. The number of methoxy groups -OCH3 is 1. The maximum Gasteiger partial charge on any atom is 0.311 e. The molecule has 0 heterocycles. The van der Waals surface area contributed by atoms with Gasteiger partial charge < -0.3 is 19.7 Å². The highest BCUT2D eigenvalue weighted by Gasteiger charge is 2.29. The molecule has 2 amide bonds. The molecular formula is C25H33N3O6. The third kappa shape index (κ3) is 7.47. The van der Waals surface area contributed by atoms with Gasteiger partial charge in [0, 0.05) is 24.7 Å². The molecule has 0 aliphatic heterocycles. The number of nitro benzene ring substituents is 1. The fourth-order valence-corrected chi connectivity index (χ4v) is 3.46. The van der Waals surface area contributed by atoms with Crippen LogP contribution in [0.1, 0.15) is 39.2 Å². The minimum absolute atomic E-state index is 0.00329. The van der Waals surface area contributed by atoms with Crippen LogP contribution in [0.3, 0.4) is 0 Å². The summed E-state index contributed by atoms with van der Waals surface area (Å²) in [5, 5.41) is 14.1. The number of carbonyl (C=O) groups excluding carboxylic acids is 2. The minimum atomic E-state index is -0.639. The SMILES string of the molecule is CC[C@H](C(=O)N[C@@H](C)CC)N(CCc1ccccc1)C(=O)COc1ccc([N+](=O)[O-])c(OC)c1. The van der Waals surface area contributed by atoms with Crippen LogP contribution < -0.4 is 14.8 Å². The highest BCUT2D eigenvalue weighted by molar-refractivity contribution is 5.88. The van der Waals surface area contributed by atoms with Gasteiger partial charge in [0.05, 0.1) is 12.0 Å². The van der Waals surface area contributed by atoms with Crippen LogP contribution in [0, 0.1) is 10.1 Å². The largest absolute Gasteiger partial charge is 0.490 e. The maximum absolute atomic E-state index is 13.2. The van der Waals surface area contributed by atoms with E-state index in [9.17, 15) is 19.7 Å². The van der Waals surface area contributed by atoms with Crippen LogP contribution >= 0.6 is 0 Å². The number of nitrogens with one attached hydrogen (secondary N) is 1. The van der Waals surface area contributed by atoms with Crippen molar-refractivity contribution >= 4 is 17.5 Å². The zero-order valence-electron chi connectivity index (χ0n) is 20.2. The number of benzene rings is 2. The topological polar surface area (TPSA) is 111 Å². The van der Waals surface area contributed by atoms with Crippen molar-refractivity contribution in [1.29, 1.82) is 0 Å². The van der Waals surface area contributed by atoms with Crippen LogP contribution in [0.2, 0.25) is 0 Å². The molecule has 0 radical (unpaired) electrons. The van der Waals surface area contributed by atoms with Gasteiger partial charge in [0.2, 0.25) is 11.7 Å². The summed E-state index contributed by atoms with van der Waals surface area (Å²) in [4.78, 5) is 38.2. The van der Waals surface area contributed by atoms with E-state index >= 15 is 0 Å². The fraction of sp³-hybridized carbons (Fsp3) is 0.440. The van der Waals surface area contributed by atoms with Crippen LogP contribution in [0.25, 0.3) is 0 Å². The summed E-state index contributed by atoms with van der Waals surface area (Å²) in [6, 6.07) is 13.1. The first-order chi connectivity index (χ1) is 16.3. The summed E-state index contributed by atoms with van der Waals surface area (Å²) < 4.78 is 10.7. The monoisotopic (exact) mass is 471 g/mol. The molecule has 1 N–H and O–H groups in total. The predicted molar refractivity (Wildman–Crippen MR) is 129 cm³/mol. The third-order valence-corrected chi connectivity index (χ3v) is 5.58. The lowest BCUT2D eigenvalue weighted by molar-refractivity contribution is -0.385. The zero-order chi connectivity index (χ0) is 25.1. The normalized spacial score (nSPS) is 12.4. The Morgan fingerprint density at radius 3 is 2.41 bits per heavy atom. The molecule has 0 saturated heterocycles. The minimum Gasteiger partial charge on any atom is -0.490 e. The van der Waals surface area contributed by atoms with Crippen molar-refractivity contribution in [2.45, 2.75) is 52.1 Å². The Hall–Kier alpha value is -3.62. The first-order valence-corrected chi connectivity index (χ1v) is 11.4. The van der Waals surface area contributed by atoms with Gasteiger partial charge in [-0.15, -0.1) is 0 Å². The van der Waals surface area contributed by atoms with Crippen molar-refractivity contribution in [3.63, 3.8) is 0 Å². The zero-order valence-corrected chi connectivity index (χ0v) is 20.2. The van der Waals surface area contributed by atoms with E-state index in [1.54, 1.807) is 4.90 Å². The summed E-state index contributed by atoms with van der Waals surface area (Å²) in [7, 11) is 1.32. The van der Waals surface area contributed by atoms with Crippen LogP contribution in [0.5, 0.6) is 11.5 Å². The van der Waals surface area contributed by atoms with E-state index in [1.165, 1.54) is 25.3 Å². The first kappa shape index (κ1) is 26.6. The van der Waals surface area contributed by atoms with Crippen molar-refractivity contribution in [2.75, 3.05) is 20.3 Å². The van der Waals surface area contributed by atoms with Crippen molar-refractivity contribution in [2.24, 2.45) is 0 Å².